The summed E-state index contributed by atoms with van der Waals surface area (Å²) in [6, 6.07) is 24.8. The first-order valence-corrected chi connectivity index (χ1v) is 13.0. The van der Waals surface area contributed by atoms with E-state index in [2.05, 4.69) is 47.9 Å². The van der Waals surface area contributed by atoms with E-state index in [1.807, 2.05) is 72.8 Å². The number of amides is 1. The van der Waals surface area contributed by atoms with Gasteiger partial charge in [0.2, 0.25) is 0 Å². The summed E-state index contributed by atoms with van der Waals surface area (Å²) in [7, 11) is 0. The van der Waals surface area contributed by atoms with Gasteiger partial charge in [-0.25, -0.2) is 0 Å². The molecule has 0 radical (unpaired) electrons. The van der Waals surface area contributed by atoms with Gasteiger partial charge in [0.15, 0.2) is 11.7 Å². The molecular formula is C26H21BrN4O2S2. The third-order valence-electron chi connectivity index (χ3n) is 5.52. The van der Waals surface area contributed by atoms with Crippen LogP contribution in [0.2, 0.25) is 0 Å². The van der Waals surface area contributed by atoms with Gasteiger partial charge in [-0.15, -0.1) is 11.3 Å². The quantitative estimate of drug-likeness (QED) is 0.264. The molecule has 3 heterocycles. The fourth-order valence-corrected chi connectivity index (χ4v) is 5.89. The van der Waals surface area contributed by atoms with Gasteiger partial charge in [-0.2, -0.15) is 0 Å². The number of thiophene rings is 1. The Morgan fingerprint density at radius 3 is 2.57 bits per heavy atom. The molecule has 176 valence electrons. The number of nitrogens with zero attached hydrogens (tertiary/aromatic N) is 2. The Hall–Kier alpha value is -3.27. The lowest BCUT2D eigenvalue weighted by atomic mass is 10.0. The monoisotopic (exact) mass is 564 g/mol. The van der Waals surface area contributed by atoms with Gasteiger partial charge in [0.05, 0.1) is 17.8 Å². The van der Waals surface area contributed by atoms with Crippen molar-refractivity contribution in [2.45, 2.75) is 12.1 Å². The maximum Gasteiger partial charge on any atom is 0.262 e. The van der Waals surface area contributed by atoms with Crippen LogP contribution in [-0.4, -0.2) is 22.6 Å². The molecule has 0 spiro atoms. The zero-order valence-electron chi connectivity index (χ0n) is 18.4. The number of halogens is 1. The predicted molar refractivity (Wildman–Crippen MR) is 147 cm³/mol. The molecule has 0 bridgehead atoms. The van der Waals surface area contributed by atoms with E-state index in [1.165, 1.54) is 0 Å². The summed E-state index contributed by atoms with van der Waals surface area (Å²) in [4.78, 5) is 20.2. The molecule has 2 aromatic carbocycles. The number of thiocarbonyl (C=S) groups is 1. The van der Waals surface area contributed by atoms with E-state index in [0.29, 0.717) is 16.5 Å². The zero-order valence-corrected chi connectivity index (χ0v) is 21.6. The van der Waals surface area contributed by atoms with Crippen molar-refractivity contribution in [3.05, 3.63) is 105 Å². The molecule has 0 saturated carbocycles. The largest absolute Gasteiger partial charge is 0.484 e. The highest BCUT2D eigenvalue weighted by atomic mass is 79.9. The summed E-state index contributed by atoms with van der Waals surface area (Å²) < 4.78 is 6.56. The topological polar surface area (TPSA) is 66.5 Å². The minimum atomic E-state index is -0.225. The first-order valence-electron chi connectivity index (χ1n) is 10.9. The highest BCUT2D eigenvalue weighted by molar-refractivity contribution is 9.10. The van der Waals surface area contributed by atoms with Gasteiger partial charge >= 0.3 is 0 Å². The van der Waals surface area contributed by atoms with E-state index >= 15 is 0 Å². The van der Waals surface area contributed by atoms with Crippen molar-refractivity contribution in [3.63, 3.8) is 0 Å². The summed E-state index contributed by atoms with van der Waals surface area (Å²) in [6.45, 7) is -0.0625. The molecule has 4 aromatic rings. The molecule has 0 unspecified atom stereocenters. The third-order valence-corrected chi connectivity index (χ3v) is 7.60. The van der Waals surface area contributed by atoms with Gasteiger partial charge in [0, 0.05) is 32.3 Å². The Morgan fingerprint density at radius 1 is 1.11 bits per heavy atom. The number of benzene rings is 2. The molecule has 2 aromatic heterocycles. The van der Waals surface area contributed by atoms with Crippen molar-refractivity contribution in [2.75, 3.05) is 16.8 Å². The van der Waals surface area contributed by atoms with Crippen LogP contribution in [0.5, 0.6) is 5.75 Å². The summed E-state index contributed by atoms with van der Waals surface area (Å²) >= 11 is 11.0. The first-order chi connectivity index (χ1) is 17.1. The number of carbonyl (C=O) groups is 1. The molecule has 1 amide bonds. The van der Waals surface area contributed by atoms with Crippen molar-refractivity contribution in [1.82, 2.24) is 10.3 Å². The van der Waals surface area contributed by atoms with Crippen LogP contribution in [0.25, 0.3) is 0 Å². The fourth-order valence-electron chi connectivity index (χ4n) is 3.97. The molecule has 2 N–H and O–H groups in total. The maximum absolute atomic E-state index is 12.3. The van der Waals surface area contributed by atoms with E-state index in [0.717, 1.165) is 20.7 Å². The molecule has 2 atom stereocenters. The molecular weight excluding hydrogens is 544 g/mol. The van der Waals surface area contributed by atoms with Crippen molar-refractivity contribution < 1.29 is 9.53 Å². The van der Waals surface area contributed by atoms with E-state index in [1.54, 1.807) is 17.5 Å². The Kier molecular flexibility index (Phi) is 7.08. The SMILES string of the molecule is O=C(COc1ccccc1)Nc1ccc(N2C(=S)N[C@@H](c3ccccn3)[C@H]2c2cc(Br)cs2)cc1. The summed E-state index contributed by atoms with van der Waals surface area (Å²) in [5, 5.41) is 9.03. The second kappa shape index (κ2) is 10.6. The van der Waals surface area contributed by atoms with Crippen LogP contribution in [0.1, 0.15) is 22.7 Å². The fraction of sp³-hybridized carbons (Fsp3) is 0.115. The number of carbonyl (C=O) groups excluding carboxylic acids is 1. The number of nitrogens with one attached hydrogen (secondary N) is 2. The number of aromatic nitrogens is 1. The van der Waals surface area contributed by atoms with Gasteiger partial charge in [-0.05, 0) is 82.7 Å². The Morgan fingerprint density at radius 2 is 1.89 bits per heavy atom. The van der Waals surface area contributed by atoms with Crippen molar-refractivity contribution in [1.29, 1.82) is 0 Å². The number of hydrogen-bond donors (Lipinski definition) is 2. The van der Waals surface area contributed by atoms with Crippen LogP contribution in [0.3, 0.4) is 0 Å². The number of ether oxygens (including phenoxy) is 1. The average Bonchev–Trinajstić information content (AvgIpc) is 3.47. The Labute approximate surface area is 221 Å². The molecule has 1 aliphatic rings. The number of rotatable bonds is 7. The maximum atomic E-state index is 12.3. The smallest absolute Gasteiger partial charge is 0.262 e. The van der Waals surface area contributed by atoms with E-state index in [4.69, 9.17) is 17.0 Å². The van der Waals surface area contributed by atoms with Crippen LogP contribution in [-0.2, 0) is 4.79 Å². The van der Waals surface area contributed by atoms with Crippen molar-refractivity contribution >= 4 is 61.9 Å². The van der Waals surface area contributed by atoms with E-state index < -0.39 is 0 Å². The highest BCUT2D eigenvalue weighted by Gasteiger charge is 2.41. The zero-order chi connectivity index (χ0) is 24.2. The minimum absolute atomic E-state index is 0.0617. The lowest BCUT2D eigenvalue weighted by Gasteiger charge is -2.27. The third kappa shape index (κ3) is 5.37. The van der Waals surface area contributed by atoms with Crippen molar-refractivity contribution in [3.8, 4) is 5.75 Å². The number of pyridine rings is 1. The lowest BCUT2D eigenvalue weighted by molar-refractivity contribution is -0.118. The molecule has 35 heavy (non-hydrogen) atoms. The van der Waals surface area contributed by atoms with Crippen LogP contribution in [0.15, 0.2) is 94.9 Å². The van der Waals surface area contributed by atoms with Crippen LogP contribution >= 0.6 is 39.5 Å². The Balaban J connectivity index is 1.34. The second-order valence-electron chi connectivity index (χ2n) is 7.86. The number of para-hydroxylation sites is 1. The molecule has 5 rings (SSSR count). The van der Waals surface area contributed by atoms with E-state index in [9.17, 15) is 4.79 Å². The normalized spacial score (nSPS) is 17.2. The van der Waals surface area contributed by atoms with E-state index in [-0.39, 0.29) is 24.6 Å². The van der Waals surface area contributed by atoms with Gasteiger partial charge in [0.25, 0.3) is 5.91 Å². The Bertz CT molecular complexity index is 1320. The number of hydrogen-bond acceptors (Lipinski definition) is 5. The standard InChI is InChI=1S/C26H21BrN4O2S2/c27-17-14-22(35-16-17)25-24(21-8-4-5-13-28-21)30-26(34)31(25)19-11-9-18(10-12-19)29-23(32)15-33-20-6-2-1-3-7-20/h1-14,16,24-25H,15H2,(H,29,32)(H,30,34)/t24-,25+/m0/s1. The van der Waals surface area contributed by atoms with Crippen LogP contribution in [0.4, 0.5) is 11.4 Å². The summed E-state index contributed by atoms with van der Waals surface area (Å²) in [5.41, 5.74) is 2.54. The molecule has 1 saturated heterocycles. The highest BCUT2D eigenvalue weighted by Crippen LogP contribution is 2.44. The summed E-state index contributed by atoms with van der Waals surface area (Å²) in [6.07, 6.45) is 1.79. The molecule has 6 nitrogen and oxygen atoms in total. The number of anilines is 2. The van der Waals surface area contributed by atoms with Gasteiger partial charge in [0.1, 0.15) is 5.75 Å². The van der Waals surface area contributed by atoms with Crippen LogP contribution < -0.4 is 20.3 Å². The van der Waals surface area contributed by atoms with Crippen molar-refractivity contribution in [2.24, 2.45) is 0 Å². The summed E-state index contributed by atoms with van der Waals surface area (Å²) in [5.74, 6) is 0.429. The second-order valence-corrected chi connectivity index (χ2v) is 10.1. The lowest BCUT2D eigenvalue weighted by Crippen LogP contribution is -2.29. The molecule has 1 aliphatic heterocycles. The van der Waals surface area contributed by atoms with Gasteiger partial charge in [-0.1, -0.05) is 24.3 Å². The molecule has 9 heteroatoms. The molecule has 1 fully saturated rings. The van der Waals surface area contributed by atoms with Crippen LogP contribution in [0, 0.1) is 0 Å². The predicted octanol–water partition coefficient (Wildman–Crippen LogP) is 6.10. The van der Waals surface area contributed by atoms with Gasteiger partial charge in [-0.3, -0.25) is 9.78 Å². The first kappa shape index (κ1) is 23.5. The minimum Gasteiger partial charge on any atom is -0.484 e. The molecule has 0 aliphatic carbocycles. The van der Waals surface area contributed by atoms with Gasteiger partial charge < -0.3 is 20.3 Å². The average molecular weight is 566 g/mol.